The number of pyridine rings is 1. The monoisotopic (exact) mass is 249 g/mol. The van der Waals surface area contributed by atoms with Crippen LogP contribution >= 0.6 is 0 Å². The van der Waals surface area contributed by atoms with Gasteiger partial charge in [-0.05, 0) is 30.7 Å². The van der Waals surface area contributed by atoms with Crippen LogP contribution in [0.4, 0.5) is 0 Å². The van der Waals surface area contributed by atoms with Gasteiger partial charge in [-0.25, -0.2) is 0 Å². The van der Waals surface area contributed by atoms with E-state index in [-0.39, 0.29) is 0 Å². The summed E-state index contributed by atoms with van der Waals surface area (Å²) in [5.74, 6) is 1.73. The fraction of sp³-hybridized carbons (Fsp3) is 0.667. The Kier molecular flexibility index (Phi) is 4.59. The zero-order valence-corrected chi connectivity index (χ0v) is 11.3. The van der Waals surface area contributed by atoms with Gasteiger partial charge in [-0.3, -0.25) is 4.98 Å². The molecule has 0 radical (unpaired) electrons. The fourth-order valence-corrected chi connectivity index (χ4v) is 2.79. The van der Waals surface area contributed by atoms with E-state index < -0.39 is 6.10 Å². The number of aliphatic hydroxyl groups is 1. The lowest BCUT2D eigenvalue weighted by molar-refractivity contribution is 0.0894. The molecule has 1 heterocycles. The minimum atomic E-state index is -0.403. The first kappa shape index (κ1) is 13.3. The topological polar surface area (TPSA) is 42.4 Å². The number of hydrogen-bond acceptors (Lipinski definition) is 3. The third-order valence-corrected chi connectivity index (χ3v) is 3.88. The summed E-state index contributed by atoms with van der Waals surface area (Å²) in [6.45, 7) is 5.00. The van der Waals surface area contributed by atoms with E-state index in [1.54, 1.807) is 12.4 Å². The van der Waals surface area contributed by atoms with Crippen LogP contribution in [0, 0.1) is 11.8 Å². The van der Waals surface area contributed by atoms with Gasteiger partial charge in [0.15, 0.2) is 0 Å². The summed E-state index contributed by atoms with van der Waals surface area (Å²) in [6, 6.07) is 1.93. The molecule has 0 aliphatic heterocycles. The minimum Gasteiger partial charge on any atom is -0.492 e. The van der Waals surface area contributed by atoms with Crippen molar-refractivity contribution in [1.29, 1.82) is 0 Å². The van der Waals surface area contributed by atoms with E-state index >= 15 is 0 Å². The second-order valence-corrected chi connectivity index (χ2v) is 5.32. The second kappa shape index (κ2) is 6.19. The molecule has 18 heavy (non-hydrogen) atoms. The largest absolute Gasteiger partial charge is 0.492 e. The number of aliphatic hydroxyl groups excluding tert-OH is 1. The Hall–Kier alpha value is -1.09. The van der Waals surface area contributed by atoms with Gasteiger partial charge < -0.3 is 9.84 Å². The van der Waals surface area contributed by atoms with Crippen LogP contribution < -0.4 is 4.74 Å². The zero-order valence-electron chi connectivity index (χ0n) is 11.3. The molecule has 100 valence electrons. The van der Waals surface area contributed by atoms with Gasteiger partial charge in [-0.15, -0.1) is 0 Å². The van der Waals surface area contributed by atoms with Gasteiger partial charge in [-0.1, -0.05) is 26.7 Å². The summed E-state index contributed by atoms with van der Waals surface area (Å²) in [5, 5.41) is 10.4. The van der Waals surface area contributed by atoms with Gasteiger partial charge in [0.2, 0.25) is 0 Å². The van der Waals surface area contributed by atoms with E-state index in [0.29, 0.717) is 18.4 Å². The third-order valence-electron chi connectivity index (χ3n) is 3.88. The molecule has 3 heteroatoms. The summed E-state index contributed by atoms with van der Waals surface area (Å²) < 4.78 is 5.56. The molecule has 2 rings (SSSR count). The van der Waals surface area contributed by atoms with E-state index in [1.165, 1.54) is 12.8 Å². The average Bonchev–Trinajstić information content (AvgIpc) is 2.82. The Morgan fingerprint density at radius 3 is 2.94 bits per heavy atom. The fourth-order valence-electron chi connectivity index (χ4n) is 2.79. The molecule has 1 N–H and O–H groups in total. The number of hydrogen-bond donors (Lipinski definition) is 1. The molecule has 1 aromatic rings. The molecule has 3 atom stereocenters. The van der Waals surface area contributed by atoms with E-state index in [0.717, 1.165) is 24.2 Å². The van der Waals surface area contributed by atoms with Crippen LogP contribution in [0.15, 0.2) is 18.5 Å². The lowest BCUT2D eigenvalue weighted by atomic mass is 9.89. The molecule has 0 bridgehead atoms. The summed E-state index contributed by atoms with van der Waals surface area (Å²) >= 11 is 0. The Balaban J connectivity index is 2.07. The molecule has 1 aliphatic rings. The SMILES string of the molecule is CCCOc1cncc(C(O)C2CCCC2C)c1. The number of ether oxygens (including phenoxy) is 1. The Morgan fingerprint density at radius 2 is 2.28 bits per heavy atom. The third kappa shape index (κ3) is 3.02. The van der Waals surface area contributed by atoms with Crippen molar-refractivity contribution in [3.63, 3.8) is 0 Å². The van der Waals surface area contributed by atoms with E-state index in [9.17, 15) is 5.11 Å². The zero-order chi connectivity index (χ0) is 13.0. The average molecular weight is 249 g/mol. The molecule has 0 saturated heterocycles. The normalized spacial score (nSPS) is 25.1. The van der Waals surface area contributed by atoms with Gasteiger partial charge in [0.1, 0.15) is 5.75 Å². The second-order valence-electron chi connectivity index (χ2n) is 5.32. The molecule has 3 nitrogen and oxygen atoms in total. The van der Waals surface area contributed by atoms with E-state index in [1.807, 2.05) is 6.07 Å². The maximum atomic E-state index is 10.4. The Labute approximate surface area is 109 Å². The highest BCUT2D eigenvalue weighted by Crippen LogP contribution is 2.40. The highest BCUT2D eigenvalue weighted by Gasteiger charge is 2.30. The minimum absolute atomic E-state index is 0.369. The van der Waals surface area contributed by atoms with Crippen LogP contribution in [0.3, 0.4) is 0 Å². The van der Waals surface area contributed by atoms with Crippen LogP contribution in [-0.2, 0) is 0 Å². The van der Waals surface area contributed by atoms with Gasteiger partial charge in [0.05, 0.1) is 18.9 Å². The number of rotatable bonds is 5. The van der Waals surface area contributed by atoms with Crippen molar-refractivity contribution in [2.24, 2.45) is 11.8 Å². The van der Waals surface area contributed by atoms with Crippen LogP contribution in [0.1, 0.15) is 51.2 Å². The van der Waals surface area contributed by atoms with Crippen molar-refractivity contribution >= 4 is 0 Å². The smallest absolute Gasteiger partial charge is 0.137 e. The highest BCUT2D eigenvalue weighted by atomic mass is 16.5. The molecular weight excluding hydrogens is 226 g/mol. The van der Waals surface area contributed by atoms with Crippen LogP contribution in [0.25, 0.3) is 0 Å². The quantitative estimate of drug-likeness (QED) is 0.870. The van der Waals surface area contributed by atoms with Crippen molar-refractivity contribution in [1.82, 2.24) is 4.98 Å². The molecule has 0 spiro atoms. The molecule has 1 saturated carbocycles. The van der Waals surface area contributed by atoms with Crippen molar-refractivity contribution in [2.45, 2.75) is 45.6 Å². The first-order chi connectivity index (χ1) is 8.72. The molecule has 0 aromatic carbocycles. The van der Waals surface area contributed by atoms with Crippen molar-refractivity contribution in [3.05, 3.63) is 24.0 Å². The highest BCUT2D eigenvalue weighted by molar-refractivity contribution is 5.25. The molecule has 3 unspecified atom stereocenters. The summed E-state index contributed by atoms with van der Waals surface area (Å²) in [5.41, 5.74) is 0.891. The van der Waals surface area contributed by atoms with E-state index in [2.05, 4.69) is 18.8 Å². The molecular formula is C15H23NO2. The van der Waals surface area contributed by atoms with Crippen molar-refractivity contribution in [3.8, 4) is 5.75 Å². The first-order valence-electron chi connectivity index (χ1n) is 6.98. The Bertz CT molecular complexity index is 381. The molecule has 1 aromatic heterocycles. The van der Waals surface area contributed by atoms with Crippen LogP contribution in [0.5, 0.6) is 5.75 Å². The van der Waals surface area contributed by atoms with Gasteiger partial charge in [0, 0.05) is 11.8 Å². The molecule has 1 aliphatic carbocycles. The maximum absolute atomic E-state index is 10.4. The molecule has 1 fully saturated rings. The van der Waals surface area contributed by atoms with Crippen molar-refractivity contribution in [2.75, 3.05) is 6.61 Å². The summed E-state index contributed by atoms with van der Waals surface area (Å²) in [7, 11) is 0. The Morgan fingerprint density at radius 1 is 1.44 bits per heavy atom. The number of nitrogens with zero attached hydrogens (tertiary/aromatic N) is 1. The summed E-state index contributed by atoms with van der Waals surface area (Å²) in [4.78, 5) is 4.17. The lowest BCUT2D eigenvalue weighted by Crippen LogP contribution is -2.15. The van der Waals surface area contributed by atoms with Crippen molar-refractivity contribution < 1.29 is 9.84 Å². The van der Waals surface area contributed by atoms with Crippen LogP contribution in [-0.4, -0.2) is 16.7 Å². The predicted octanol–water partition coefficient (Wildman–Crippen LogP) is 3.34. The standard InChI is InChI=1S/C15H23NO2/c1-3-7-18-13-8-12(9-16-10-13)15(17)14-6-4-5-11(14)2/h8-11,14-15,17H,3-7H2,1-2H3. The predicted molar refractivity (Wildman–Crippen MR) is 71.5 cm³/mol. The van der Waals surface area contributed by atoms with Gasteiger partial charge >= 0.3 is 0 Å². The van der Waals surface area contributed by atoms with E-state index in [4.69, 9.17) is 4.74 Å². The lowest BCUT2D eigenvalue weighted by Gasteiger charge is -2.22. The molecule has 0 amide bonds. The van der Waals surface area contributed by atoms with Gasteiger partial charge in [0.25, 0.3) is 0 Å². The van der Waals surface area contributed by atoms with Crippen LogP contribution in [0.2, 0.25) is 0 Å². The van der Waals surface area contributed by atoms with Gasteiger partial charge in [-0.2, -0.15) is 0 Å². The summed E-state index contributed by atoms with van der Waals surface area (Å²) in [6.07, 6.45) is 7.61. The number of aromatic nitrogens is 1. The maximum Gasteiger partial charge on any atom is 0.137 e. The first-order valence-corrected chi connectivity index (χ1v) is 6.98.